The molecule has 3 nitrogen and oxygen atoms in total. The molecule has 0 saturated carbocycles. The van der Waals surface area contributed by atoms with Gasteiger partial charge >= 0.3 is 0 Å². The third-order valence-corrected chi connectivity index (χ3v) is 3.07. The van der Waals surface area contributed by atoms with Crippen LogP contribution in [0.25, 0.3) is 0 Å². The number of benzene rings is 1. The molecule has 1 atom stereocenters. The lowest BCUT2D eigenvalue weighted by Gasteiger charge is -2.10. The molecule has 0 radical (unpaired) electrons. The minimum Gasteiger partial charge on any atom is -0.324 e. The van der Waals surface area contributed by atoms with Crippen LogP contribution in [0.5, 0.6) is 0 Å². The van der Waals surface area contributed by atoms with Crippen LogP contribution in [0, 0.1) is 6.92 Å². The summed E-state index contributed by atoms with van der Waals surface area (Å²) in [5, 5.41) is 5.05. The molecular formula is C13H16ClN3. The van der Waals surface area contributed by atoms with E-state index in [1.807, 2.05) is 44.4 Å². The molecule has 90 valence electrons. The molecule has 0 amide bonds. The smallest absolute Gasteiger partial charge is 0.0641 e. The van der Waals surface area contributed by atoms with Crippen LogP contribution in [0.15, 0.2) is 30.5 Å². The Hall–Kier alpha value is -1.32. The molecule has 2 rings (SSSR count). The van der Waals surface area contributed by atoms with Gasteiger partial charge in [-0.1, -0.05) is 23.7 Å². The first-order valence-electron chi connectivity index (χ1n) is 5.56. The van der Waals surface area contributed by atoms with Crippen LogP contribution in [-0.4, -0.2) is 9.78 Å². The largest absolute Gasteiger partial charge is 0.324 e. The van der Waals surface area contributed by atoms with Gasteiger partial charge in [-0.25, -0.2) is 0 Å². The van der Waals surface area contributed by atoms with E-state index < -0.39 is 0 Å². The first-order valence-corrected chi connectivity index (χ1v) is 5.94. The molecule has 4 heteroatoms. The molecule has 2 aromatic rings. The zero-order valence-electron chi connectivity index (χ0n) is 10.0. The van der Waals surface area contributed by atoms with E-state index in [2.05, 4.69) is 5.10 Å². The van der Waals surface area contributed by atoms with E-state index in [-0.39, 0.29) is 6.04 Å². The number of hydrogen-bond acceptors (Lipinski definition) is 2. The van der Waals surface area contributed by atoms with E-state index in [4.69, 9.17) is 17.3 Å². The summed E-state index contributed by atoms with van der Waals surface area (Å²) in [6.45, 7) is 1.98. The average Bonchev–Trinajstić information content (AvgIpc) is 2.61. The fourth-order valence-electron chi connectivity index (χ4n) is 1.97. The van der Waals surface area contributed by atoms with Gasteiger partial charge in [0.25, 0.3) is 0 Å². The van der Waals surface area contributed by atoms with Gasteiger partial charge in [0.15, 0.2) is 0 Å². The molecule has 0 spiro atoms. The molecule has 0 bridgehead atoms. The molecule has 1 aromatic heterocycles. The van der Waals surface area contributed by atoms with Gasteiger partial charge in [-0.2, -0.15) is 5.10 Å². The van der Waals surface area contributed by atoms with Crippen LogP contribution >= 0.6 is 11.6 Å². The summed E-state index contributed by atoms with van der Waals surface area (Å²) < 4.78 is 1.80. The number of rotatable bonds is 3. The lowest BCUT2D eigenvalue weighted by atomic mass is 10.0. The first kappa shape index (κ1) is 12.1. The molecule has 1 aromatic carbocycles. The van der Waals surface area contributed by atoms with E-state index in [0.29, 0.717) is 0 Å². The zero-order valence-corrected chi connectivity index (χ0v) is 10.8. The van der Waals surface area contributed by atoms with Crippen molar-refractivity contribution in [3.63, 3.8) is 0 Å². The Kier molecular flexibility index (Phi) is 3.50. The Morgan fingerprint density at radius 3 is 2.53 bits per heavy atom. The maximum Gasteiger partial charge on any atom is 0.0641 e. The molecule has 2 N–H and O–H groups in total. The third kappa shape index (κ3) is 2.87. The van der Waals surface area contributed by atoms with Crippen LogP contribution in [0.3, 0.4) is 0 Å². The number of nitrogens with two attached hydrogens (primary N) is 1. The predicted octanol–water partition coefficient (Wildman–Crippen LogP) is 2.62. The van der Waals surface area contributed by atoms with Gasteiger partial charge in [0.05, 0.1) is 5.69 Å². The molecule has 1 heterocycles. The van der Waals surface area contributed by atoms with E-state index in [1.165, 1.54) is 5.56 Å². The molecule has 0 aliphatic rings. The summed E-state index contributed by atoms with van der Waals surface area (Å²) in [4.78, 5) is 0. The van der Waals surface area contributed by atoms with Crippen molar-refractivity contribution in [1.82, 2.24) is 9.78 Å². The number of hydrogen-bond donors (Lipinski definition) is 1. The van der Waals surface area contributed by atoms with Gasteiger partial charge in [-0.05, 0) is 31.0 Å². The summed E-state index contributed by atoms with van der Waals surface area (Å²) in [6, 6.07) is 7.77. The summed E-state index contributed by atoms with van der Waals surface area (Å²) in [7, 11) is 1.91. The molecule has 0 saturated heterocycles. The lowest BCUT2D eigenvalue weighted by molar-refractivity contribution is 0.715. The predicted molar refractivity (Wildman–Crippen MR) is 70.0 cm³/mol. The van der Waals surface area contributed by atoms with E-state index in [9.17, 15) is 0 Å². The van der Waals surface area contributed by atoms with Gasteiger partial charge in [0.1, 0.15) is 0 Å². The number of halogens is 1. The molecule has 0 fully saturated rings. The Morgan fingerprint density at radius 2 is 2.00 bits per heavy atom. The highest BCUT2D eigenvalue weighted by Gasteiger charge is 2.12. The number of aryl methyl sites for hydroxylation is 2. The Balaban J connectivity index is 2.14. The summed E-state index contributed by atoms with van der Waals surface area (Å²) in [5.41, 5.74) is 9.47. The summed E-state index contributed by atoms with van der Waals surface area (Å²) in [6.07, 6.45) is 2.78. The van der Waals surface area contributed by atoms with Crippen molar-refractivity contribution in [3.8, 4) is 0 Å². The number of aromatic nitrogens is 2. The molecule has 17 heavy (non-hydrogen) atoms. The second-order valence-electron chi connectivity index (χ2n) is 4.28. The van der Waals surface area contributed by atoms with E-state index in [1.54, 1.807) is 4.68 Å². The monoisotopic (exact) mass is 249 g/mol. The van der Waals surface area contributed by atoms with Crippen LogP contribution in [0.1, 0.15) is 22.9 Å². The fraction of sp³-hybridized carbons (Fsp3) is 0.308. The average molecular weight is 250 g/mol. The van der Waals surface area contributed by atoms with Crippen LogP contribution in [0.4, 0.5) is 0 Å². The maximum atomic E-state index is 6.19. The van der Waals surface area contributed by atoms with Crippen molar-refractivity contribution < 1.29 is 0 Å². The molecule has 1 unspecified atom stereocenters. The van der Waals surface area contributed by atoms with Crippen LogP contribution in [-0.2, 0) is 13.5 Å². The zero-order chi connectivity index (χ0) is 12.4. The van der Waals surface area contributed by atoms with Crippen molar-refractivity contribution in [2.75, 3.05) is 0 Å². The van der Waals surface area contributed by atoms with Gasteiger partial charge in [-0.3, -0.25) is 4.68 Å². The highest BCUT2D eigenvalue weighted by molar-refractivity contribution is 6.30. The highest BCUT2D eigenvalue weighted by Crippen LogP contribution is 2.19. The fourth-order valence-corrected chi connectivity index (χ4v) is 2.09. The van der Waals surface area contributed by atoms with Gasteiger partial charge in [0, 0.05) is 29.9 Å². The Bertz CT molecular complexity index is 502. The quantitative estimate of drug-likeness (QED) is 0.909. The standard InChI is InChI=1S/C13H16ClN3/c1-9-12(8-17(2)16-9)13(15)7-10-3-5-11(14)6-4-10/h3-6,8,13H,7,15H2,1-2H3. The Morgan fingerprint density at radius 1 is 1.35 bits per heavy atom. The van der Waals surface area contributed by atoms with Crippen LogP contribution < -0.4 is 5.73 Å². The summed E-state index contributed by atoms with van der Waals surface area (Å²) in [5.74, 6) is 0. The summed E-state index contributed by atoms with van der Waals surface area (Å²) >= 11 is 5.85. The van der Waals surface area contributed by atoms with Crippen molar-refractivity contribution in [1.29, 1.82) is 0 Å². The minimum atomic E-state index is -0.0233. The molecular weight excluding hydrogens is 234 g/mol. The third-order valence-electron chi connectivity index (χ3n) is 2.82. The first-order chi connectivity index (χ1) is 8.06. The topological polar surface area (TPSA) is 43.8 Å². The minimum absolute atomic E-state index is 0.0233. The van der Waals surface area contributed by atoms with Crippen LogP contribution in [0.2, 0.25) is 5.02 Å². The van der Waals surface area contributed by atoms with E-state index >= 15 is 0 Å². The number of nitrogens with zero attached hydrogens (tertiary/aromatic N) is 2. The van der Waals surface area contributed by atoms with Gasteiger partial charge in [-0.15, -0.1) is 0 Å². The van der Waals surface area contributed by atoms with Gasteiger partial charge in [0.2, 0.25) is 0 Å². The van der Waals surface area contributed by atoms with Crippen molar-refractivity contribution in [2.24, 2.45) is 12.8 Å². The van der Waals surface area contributed by atoms with Crippen molar-refractivity contribution in [3.05, 3.63) is 52.3 Å². The van der Waals surface area contributed by atoms with Crippen molar-refractivity contribution >= 4 is 11.6 Å². The maximum absolute atomic E-state index is 6.19. The second kappa shape index (κ2) is 4.90. The SMILES string of the molecule is Cc1nn(C)cc1C(N)Cc1ccc(Cl)cc1. The lowest BCUT2D eigenvalue weighted by Crippen LogP contribution is -2.13. The molecule has 0 aliphatic carbocycles. The van der Waals surface area contributed by atoms with Crippen molar-refractivity contribution in [2.45, 2.75) is 19.4 Å². The van der Waals surface area contributed by atoms with E-state index in [0.717, 1.165) is 22.7 Å². The second-order valence-corrected chi connectivity index (χ2v) is 4.72. The normalized spacial score (nSPS) is 12.7. The Labute approximate surface area is 106 Å². The highest BCUT2D eigenvalue weighted by atomic mass is 35.5. The van der Waals surface area contributed by atoms with Gasteiger partial charge < -0.3 is 5.73 Å². The molecule has 0 aliphatic heterocycles.